The minimum Gasteiger partial charge on any atom is -0.310 e. The maximum Gasteiger partial charge on any atom is 0.141 e. The molecule has 0 bridgehead atoms. The fourth-order valence-electron chi connectivity index (χ4n) is 1.30. The Kier molecular flexibility index (Phi) is 2.03. The first-order chi connectivity index (χ1) is 5.77. The zero-order valence-electron chi connectivity index (χ0n) is 6.48. The SMILES string of the molecule is Fc1ccc(C2CCN2)cc1Cl. The van der Waals surface area contributed by atoms with Crippen molar-refractivity contribution < 1.29 is 4.39 Å². The minimum absolute atomic E-state index is 0.209. The van der Waals surface area contributed by atoms with Crippen LogP contribution in [0.2, 0.25) is 5.02 Å². The molecule has 1 saturated heterocycles. The molecule has 0 aromatic heterocycles. The van der Waals surface area contributed by atoms with E-state index in [2.05, 4.69) is 5.32 Å². The van der Waals surface area contributed by atoms with Crippen LogP contribution in [0.1, 0.15) is 18.0 Å². The van der Waals surface area contributed by atoms with E-state index in [1.165, 1.54) is 6.07 Å². The van der Waals surface area contributed by atoms with Crippen molar-refractivity contribution in [2.45, 2.75) is 12.5 Å². The molecule has 0 amide bonds. The second-order valence-corrected chi connectivity index (χ2v) is 3.38. The molecule has 1 aliphatic rings. The van der Waals surface area contributed by atoms with Crippen molar-refractivity contribution in [1.29, 1.82) is 0 Å². The highest BCUT2D eigenvalue weighted by Crippen LogP contribution is 2.26. The number of hydrogen-bond donors (Lipinski definition) is 1. The Labute approximate surface area is 75.5 Å². The first kappa shape index (κ1) is 8.02. The zero-order chi connectivity index (χ0) is 8.55. The van der Waals surface area contributed by atoms with Gasteiger partial charge in [-0.15, -0.1) is 0 Å². The third-order valence-corrected chi connectivity index (χ3v) is 2.46. The Balaban J connectivity index is 2.27. The number of rotatable bonds is 1. The molecule has 2 rings (SSSR count). The molecule has 1 atom stereocenters. The van der Waals surface area contributed by atoms with Gasteiger partial charge in [-0.2, -0.15) is 0 Å². The topological polar surface area (TPSA) is 12.0 Å². The molecule has 1 unspecified atom stereocenters. The van der Waals surface area contributed by atoms with Crippen molar-refractivity contribution in [3.05, 3.63) is 34.6 Å². The van der Waals surface area contributed by atoms with E-state index in [0.717, 1.165) is 18.5 Å². The fourth-order valence-corrected chi connectivity index (χ4v) is 1.49. The van der Waals surface area contributed by atoms with E-state index in [-0.39, 0.29) is 10.8 Å². The summed E-state index contributed by atoms with van der Waals surface area (Å²) in [6, 6.07) is 5.26. The Morgan fingerprint density at radius 2 is 2.25 bits per heavy atom. The maximum absolute atomic E-state index is 12.7. The van der Waals surface area contributed by atoms with Crippen LogP contribution in [0.4, 0.5) is 4.39 Å². The van der Waals surface area contributed by atoms with Gasteiger partial charge in [-0.25, -0.2) is 4.39 Å². The predicted octanol–water partition coefficient (Wildman–Crippen LogP) is 2.51. The lowest BCUT2D eigenvalue weighted by Gasteiger charge is -2.28. The fraction of sp³-hybridized carbons (Fsp3) is 0.333. The van der Waals surface area contributed by atoms with Crippen LogP contribution in [0, 0.1) is 5.82 Å². The van der Waals surface area contributed by atoms with E-state index in [1.54, 1.807) is 12.1 Å². The molecule has 1 fully saturated rings. The third-order valence-electron chi connectivity index (χ3n) is 2.17. The molecule has 0 spiro atoms. The van der Waals surface area contributed by atoms with Crippen LogP contribution in [0.3, 0.4) is 0 Å². The highest BCUT2D eigenvalue weighted by atomic mass is 35.5. The molecule has 3 heteroatoms. The Morgan fingerprint density at radius 1 is 1.50 bits per heavy atom. The molecule has 1 N–H and O–H groups in total. The van der Waals surface area contributed by atoms with Gasteiger partial charge in [0, 0.05) is 6.04 Å². The van der Waals surface area contributed by atoms with Crippen LogP contribution in [-0.4, -0.2) is 6.54 Å². The van der Waals surface area contributed by atoms with Crippen LogP contribution in [0.25, 0.3) is 0 Å². The van der Waals surface area contributed by atoms with Gasteiger partial charge in [0.25, 0.3) is 0 Å². The number of hydrogen-bond acceptors (Lipinski definition) is 1. The van der Waals surface area contributed by atoms with Crippen molar-refractivity contribution in [1.82, 2.24) is 5.32 Å². The largest absolute Gasteiger partial charge is 0.310 e. The number of benzene rings is 1. The van der Waals surface area contributed by atoms with Gasteiger partial charge in [-0.1, -0.05) is 17.7 Å². The highest BCUT2D eigenvalue weighted by Gasteiger charge is 2.18. The monoisotopic (exact) mass is 185 g/mol. The molecule has 0 radical (unpaired) electrons. The quantitative estimate of drug-likeness (QED) is 0.709. The van der Waals surface area contributed by atoms with Gasteiger partial charge in [-0.3, -0.25) is 0 Å². The van der Waals surface area contributed by atoms with E-state index in [1.807, 2.05) is 0 Å². The third kappa shape index (κ3) is 1.32. The smallest absolute Gasteiger partial charge is 0.141 e. The summed E-state index contributed by atoms with van der Waals surface area (Å²) >= 11 is 5.64. The van der Waals surface area contributed by atoms with E-state index < -0.39 is 0 Å². The van der Waals surface area contributed by atoms with Crippen molar-refractivity contribution in [3.63, 3.8) is 0 Å². The average molecular weight is 186 g/mol. The summed E-state index contributed by atoms with van der Waals surface area (Å²) in [5.74, 6) is -0.347. The molecule has 0 aliphatic carbocycles. The Morgan fingerprint density at radius 3 is 2.75 bits per heavy atom. The summed E-state index contributed by atoms with van der Waals surface area (Å²) in [6.45, 7) is 1.04. The number of halogens is 2. The van der Waals surface area contributed by atoms with Crippen LogP contribution in [0.15, 0.2) is 18.2 Å². The molecule has 0 saturated carbocycles. The molecule has 1 aromatic rings. The average Bonchev–Trinajstić information content (AvgIpc) is 1.93. The molecule has 12 heavy (non-hydrogen) atoms. The maximum atomic E-state index is 12.7. The van der Waals surface area contributed by atoms with Crippen LogP contribution in [0.5, 0.6) is 0 Å². The van der Waals surface area contributed by atoms with Crippen molar-refractivity contribution in [2.24, 2.45) is 0 Å². The van der Waals surface area contributed by atoms with Gasteiger partial charge in [0.2, 0.25) is 0 Å². The summed E-state index contributed by atoms with van der Waals surface area (Å²) in [4.78, 5) is 0. The van der Waals surface area contributed by atoms with Gasteiger partial charge in [0.05, 0.1) is 5.02 Å². The van der Waals surface area contributed by atoms with E-state index in [0.29, 0.717) is 6.04 Å². The molecule has 1 nitrogen and oxygen atoms in total. The number of nitrogens with one attached hydrogen (secondary N) is 1. The van der Waals surface area contributed by atoms with E-state index >= 15 is 0 Å². The molecule has 64 valence electrons. The second kappa shape index (κ2) is 3.04. The predicted molar refractivity (Wildman–Crippen MR) is 46.8 cm³/mol. The van der Waals surface area contributed by atoms with Crippen molar-refractivity contribution in [2.75, 3.05) is 6.54 Å². The van der Waals surface area contributed by atoms with Gasteiger partial charge in [0.1, 0.15) is 5.82 Å². The highest BCUT2D eigenvalue weighted by molar-refractivity contribution is 6.30. The van der Waals surface area contributed by atoms with Crippen LogP contribution in [-0.2, 0) is 0 Å². The van der Waals surface area contributed by atoms with Crippen LogP contribution < -0.4 is 5.32 Å². The van der Waals surface area contributed by atoms with Crippen LogP contribution >= 0.6 is 11.6 Å². The lowest BCUT2D eigenvalue weighted by Crippen LogP contribution is -2.34. The normalized spacial score (nSPS) is 22.0. The second-order valence-electron chi connectivity index (χ2n) is 2.97. The van der Waals surface area contributed by atoms with Gasteiger partial charge < -0.3 is 5.32 Å². The summed E-state index contributed by atoms with van der Waals surface area (Å²) in [5.41, 5.74) is 1.08. The van der Waals surface area contributed by atoms with Crippen molar-refractivity contribution >= 4 is 11.6 Å². The zero-order valence-corrected chi connectivity index (χ0v) is 7.24. The summed E-state index contributed by atoms with van der Waals surface area (Å²) in [5, 5.41) is 3.44. The molecule has 1 heterocycles. The van der Waals surface area contributed by atoms with Gasteiger partial charge in [-0.05, 0) is 30.7 Å². The lowest BCUT2D eigenvalue weighted by atomic mass is 9.98. The lowest BCUT2D eigenvalue weighted by molar-refractivity contribution is 0.383. The molecule has 1 aromatic carbocycles. The van der Waals surface area contributed by atoms with E-state index in [4.69, 9.17) is 11.6 Å². The molecular formula is C9H9ClFN. The van der Waals surface area contributed by atoms with Crippen molar-refractivity contribution in [3.8, 4) is 0 Å². The molecule has 1 aliphatic heterocycles. The first-order valence-corrected chi connectivity index (χ1v) is 4.33. The van der Waals surface area contributed by atoms with Gasteiger partial charge >= 0.3 is 0 Å². The molecular weight excluding hydrogens is 177 g/mol. The van der Waals surface area contributed by atoms with Gasteiger partial charge in [0.15, 0.2) is 0 Å². The Hall–Kier alpha value is -0.600. The summed E-state index contributed by atoms with van der Waals surface area (Å²) in [7, 11) is 0. The van der Waals surface area contributed by atoms with E-state index in [9.17, 15) is 4.39 Å². The summed E-state index contributed by atoms with van der Waals surface area (Å²) < 4.78 is 12.7. The Bertz CT molecular complexity index is 297. The standard InChI is InChI=1S/C9H9ClFN/c10-7-5-6(1-2-8(7)11)9-3-4-12-9/h1-2,5,9,12H,3-4H2. The minimum atomic E-state index is -0.347. The summed E-state index contributed by atoms with van der Waals surface area (Å²) in [6.07, 6.45) is 1.11. The first-order valence-electron chi connectivity index (χ1n) is 3.96.